The van der Waals surface area contributed by atoms with Crippen LogP contribution in [0, 0.1) is 0 Å². The normalized spacial score (nSPS) is 17.7. The maximum absolute atomic E-state index is 12.1. The molecule has 10 heteroatoms. The molecule has 0 saturated carbocycles. The monoisotopic (exact) mass is 408 g/mol. The molecule has 0 rings (SSSR count). The summed E-state index contributed by atoms with van der Waals surface area (Å²) in [5, 5.41) is 49.6. The lowest BCUT2D eigenvalue weighted by Gasteiger charge is -2.34. The summed E-state index contributed by atoms with van der Waals surface area (Å²) in [4.78, 5) is 34.2. The Kier molecular flexibility index (Phi) is 12.1. The van der Waals surface area contributed by atoms with Crippen molar-refractivity contribution in [2.75, 3.05) is 0 Å². The molecule has 5 unspecified atom stereocenters. The van der Waals surface area contributed by atoms with Crippen LogP contribution in [0.5, 0.6) is 0 Å². The molecule has 0 bridgehead atoms. The summed E-state index contributed by atoms with van der Waals surface area (Å²) >= 11 is 0. The molecule has 0 aliphatic heterocycles. The van der Waals surface area contributed by atoms with Gasteiger partial charge in [0.15, 0.2) is 11.9 Å². The molecule has 0 aliphatic carbocycles. The number of unbranched alkanes of at least 4 members (excludes halogenated alkanes) is 1. The van der Waals surface area contributed by atoms with E-state index in [2.05, 4.69) is 9.47 Å². The third kappa shape index (κ3) is 9.56. The first kappa shape index (κ1) is 26.4. The average molecular weight is 408 g/mol. The van der Waals surface area contributed by atoms with Gasteiger partial charge in [-0.3, -0.25) is 14.4 Å². The number of aliphatic hydroxyl groups is 5. The zero-order valence-corrected chi connectivity index (χ0v) is 16.5. The number of rotatable bonds is 14. The van der Waals surface area contributed by atoms with Crippen LogP contribution in [0.3, 0.4) is 0 Å². The summed E-state index contributed by atoms with van der Waals surface area (Å²) in [6, 6.07) is 0. The first-order chi connectivity index (χ1) is 12.9. The third-order valence-electron chi connectivity index (χ3n) is 4.02. The van der Waals surface area contributed by atoms with Crippen molar-refractivity contribution < 1.29 is 49.4 Å². The van der Waals surface area contributed by atoms with E-state index in [0.717, 1.165) is 20.3 Å². The van der Waals surface area contributed by atoms with E-state index < -0.39 is 54.5 Å². The van der Waals surface area contributed by atoms with Crippen molar-refractivity contribution in [3.63, 3.8) is 0 Å². The van der Waals surface area contributed by atoms with Gasteiger partial charge in [0.2, 0.25) is 0 Å². The minimum atomic E-state index is -3.21. The van der Waals surface area contributed by atoms with Gasteiger partial charge in [0.25, 0.3) is 6.29 Å². The Bertz CT molecular complexity index is 509. The Labute approximate surface area is 164 Å². The lowest BCUT2D eigenvalue weighted by molar-refractivity contribution is -0.326. The predicted octanol–water partition coefficient (Wildman–Crippen LogP) is -0.478. The standard InChI is InChI=1S/C18H32O10/c1-4-7-13(21)8-5-6-9-14(22)10-15(23)16(24)18(26,28-12(3)20)17(25)27-11(2)19/h13-14,16-17,21-22,24-26H,4-10H2,1-3H3. The number of hydrogen-bond donors (Lipinski definition) is 5. The van der Waals surface area contributed by atoms with Crippen LogP contribution in [-0.4, -0.2) is 73.6 Å². The fourth-order valence-electron chi connectivity index (χ4n) is 2.63. The Morgan fingerprint density at radius 1 is 0.893 bits per heavy atom. The van der Waals surface area contributed by atoms with Crippen LogP contribution >= 0.6 is 0 Å². The molecule has 164 valence electrons. The van der Waals surface area contributed by atoms with Crippen molar-refractivity contribution in [3.8, 4) is 0 Å². The van der Waals surface area contributed by atoms with E-state index in [1.165, 1.54) is 0 Å². The molecule has 0 heterocycles. The zero-order chi connectivity index (χ0) is 21.9. The Balaban J connectivity index is 4.75. The van der Waals surface area contributed by atoms with Gasteiger partial charge < -0.3 is 35.0 Å². The smallest absolute Gasteiger partial charge is 0.307 e. The van der Waals surface area contributed by atoms with Gasteiger partial charge in [-0.05, 0) is 19.3 Å². The maximum atomic E-state index is 12.1. The summed E-state index contributed by atoms with van der Waals surface area (Å²) in [6.07, 6.45) is -3.63. The molecule has 0 aliphatic rings. The van der Waals surface area contributed by atoms with Crippen molar-refractivity contribution in [2.24, 2.45) is 0 Å². The Morgan fingerprint density at radius 3 is 1.89 bits per heavy atom. The Hall–Kier alpha value is -1.59. The largest absolute Gasteiger partial charge is 0.429 e. The first-order valence-corrected chi connectivity index (χ1v) is 9.28. The fraction of sp³-hybridized carbons (Fsp3) is 0.833. The number of carbonyl (C=O) groups excluding carboxylic acids is 3. The van der Waals surface area contributed by atoms with E-state index in [0.29, 0.717) is 25.7 Å². The summed E-state index contributed by atoms with van der Waals surface area (Å²) in [7, 11) is 0. The number of ketones is 1. The van der Waals surface area contributed by atoms with Gasteiger partial charge in [0.1, 0.15) is 0 Å². The molecule has 0 spiro atoms. The molecule has 0 saturated heterocycles. The van der Waals surface area contributed by atoms with E-state index in [1.807, 2.05) is 6.92 Å². The topological polar surface area (TPSA) is 171 Å². The second-order valence-corrected chi connectivity index (χ2v) is 6.76. The third-order valence-corrected chi connectivity index (χ3v) is 4.02. The molecule has 0 aromatic heterocycles. The lowest BCUT2D eigenvalue weighted by atomic mass is 9.97. The highest BCUT2D eigenvalue weighted by Gasteiger charge is 2.52. The van der Waals surface area contributed by atoms with Gasteiger partial charge in [-0.25, -0.2) is 0 Å². The minimum absolute atomic E-state index is 0.204. The molecule has 5 N–H and O–H groups in total. The number of ether oxygens (including phenoxy) is 2. The summed E-state index contributed by atoms with van der Waals surface area (Å²) in [6.45, 7) is 3.70. The van der Waals surface area contributed by atoms with Crippen molar-refractivity contribution in [1.29, 1.82) is 0 Å². The van der Waals surface area contributed by atoms with E-state index >= 15 is 0 Å². The van der Waals surface area contributed by atoms with E-state index in [1.54, 1.807) is 0 Å². The predicted molar refractivity (Wildman–Crippen MR) is 95.5 cm³/mol. The fourth-order valence-corrected chi connectivity index (χ4v) is 2.63. The highest BCUT2D eigenvalue weighted by Crippen LogP contribution is 2.23. The van der Waals surface area contributed by atoms with Crippen molar-refractivity contribution in [3.05, 3.63) is 0 Å². The van der Waals surface area contributed by atoms with Crippen LogP contribution in [0.2, 0.25) is 0 Å². The first-order valence-electron chi connectivity index (χ1n) is 9.28. The van der Waals surface area contributed by atoms with Crippen molar-refractivity contribution in [2.45, 2.75) is 96.1 Å². The van der Waals surface area contributed by atoms with Crippen LogP contribution in [0.4, 0.5) is 0 Å². The number of Topliss-reactive ketones (excluding diaryl/α,β-unsaturated/α-hetero) is 1. The van der Waals surface area contributed by atoms with Gasteiger partial charge in [-0.15, -0.1) is 0 Å². The molecule has 0 amide bonds. The average Bonchev–Trinajstić information content (AvgIpc) is 2.56. The van der Waals surface area contributed by atoms with Gasteiger partial charge in [-0.1, -0.05) is 26.2 Å². The number of aliphatic hydroxyl groups excluding tert-OH is 4. The van der Waals surface area contributed by atoms with Crippen molar-refractivity contribution >= 4 is 17.7 Å². The number of hydrogen-bond acceptors (Lipinski definition) is 10. The number of carbonyl (C=O) groups is 3. The maximum Gasteiger partial charge on any atom is 0.307 e. The van der Waals surface area contributed by atoms with Crippen LogP contribution in [-0.2, 0) is 23.9 Å². The molecule has 0 aromatic carbocycles. The molecular weight excluding hydrogens is 376 g/mol. The van der Waals surface area contributed by atoms with Gasteiger partial charge in [0, 0.05) is 20.3 Å². The molecule has 5 atom stereocenters. The Morgan fingerprint density at radius 2 is 1.43 bits per heavy atom. The van der Waals surface area contributed by atoms with Gasteiger partial charge >= 0.3 is 17.7 Å². The highest BCUT2D eigenvalue weighted by atomic mass is 16.7. The SMILES string of the molecule is CCCC(O)CCCCC(O)CC(=O)C(O)C(O)(OC(C)=O)C(O)OC(C)=O. The summed E-state index contributed by atoms with van der Waals surface area (Å²) in [5.74, 6) is -6.53. The molecule has 0 radical (unpaired) electrons. The van der Waals surface area contributed by atoms with Crippen LogP contribution in [0.25, 0.3) is 0 Å². The zero-order valence-electron chi connectivity index (χ0n) is 16.5. The van der Waals surface area contributed by atoms with E-state index in [-0.39, 0.29) is 6.42 Å². The van der Waals surface area contributed by atoms with Crippen molar-refractivity contribution in [1.82, 2.24) is 0 Å². The van der Waals surface area contributed by atoms with E-state index in [9.17, 15) is 39.9 Å². The minimum Gasteiger partial charge on any atom is -0.429 e. The second kappa shape index (κ2) is 12.8. The highest BCUT2D eigenvalue weighted by molar-refractivity contribution is 5.85. The van der Waals surface area contributed by atoms with E-state index in [4.69, 9.17) is 0 Å². The molecule has 10 nitrogen and oxygen atoms in total. The summed E-state index contributed by atoms with van der Waals surface area (Å²) < 4.78 is 8.73. The van der Waals surface area contributed by atoms with Crippen LogP contribution < -0.4 is 0 Å². The summed E-state index contributed by atoms with van der Waals surface area (Å²) in [5.41, 5.74) is 0. The lowest BCUT2D eigenvalue weighted by Crippen LogP contribution is -2.59. The molecule has 28 heavy (non-hydrogen) atoms. The second-order valence-electron chi connectivity index (χ2n) is 6.76. The van der Waals surface area contributed by atoms with Crippen LogP contribution in [0.1, 0.15) is 65.7 Å². The van der Waals surface area contributed by atoms with Crippen LogP contribution in [0.15, 0.2) is 0 Å². The molecular formula is C18H32O10. The van der Waals surface area contributed by atoms with Gasteiger partial charge in [-0.2, -0.15) is 0 Å². The molecule has 0 aromatic rings. The quantitative estimate of drug-likeness (QED) is 0.144. The molecule has 0 fully saturated rings. The number of esters is 2. The van der Waals surface area contributed by atoms with Gasteiger partial charge in [0.05, 0.1) is 12.2 Å².